The predicted molar refractivity (Wildman–Crippen MR) is 62.6 cm³/mol. The minimum Gasteiger partial charge on any atom is -0.319 e. The summed E-state index contributed by atoms with van der Waals surface area (Å²) in [5.41, 5.74) is 2.04. The fourth-order valence-corrected chi connectivity index (χ4v) is 2.23. The molecular weight excluding hydrogens is 210 g/mol. The van der Waals surface area contributed by atoms with Crippen LogP contribution in [0.1, 0.15) is 11.1 Å². The summed E-state index contributed by atoms with van der Waals surface area (Å²) in [5.74, 6) is 0.125. The molecule has 0 amide bonds. The summed E-state index contributed by atoms with van der Waals surface area (Å²) in [4.78, 5) is 0. The summed E-state index contributed by atoms with van der Waals surface area (Å²) in [6, 6.07) is 7.73. The minimum absolute atomic E-state index is 0.125. The quantitative estimate of drug-likeness (QED) is 0.816. The Morgan fingerprint density at radius 1 is 1.27 bits per heavy atom. The number of hydrogen-bond acceptors (Lipinski definition) is 3. The van der Waals surface area contributed by atoms with Gasteiger partial charge in [0, 0.05) is 6.26 Å². The Hall–Kier alpha value is -0.870. The third-order valence-electron chi connectivity index (χ3n) is 2.08. The fraction of sp³-hybridized carbons (Fsp3) is 0.455. The summed E-state index contributed by atoms with van der Waals surface area (Å²) in [5, 5.41) is 3.07. The van der Waals surface area contributed by atoms with E-state index >= 15 is 0 Å². The molecule has 0 unspecified atom stereocenters. The van der Waals surface area contributed by atoms with Gasteiger partial charge in [0.15, 0.2) is 9.84 Å². The lowest BCUT2D eigenvalue weighted by molar-refractivity contribution is 0.601. The molecule has 4 heteroatoms. The zero-order valence-electron chi connectivity index (χ0n) is 9.16. The first-order chi connectivity index (χ1) is 7.01. The lowest BCUT2D eigenvalue weighted by Crippen LogP contribution is -2.10. The molecule has 0 spiro atoms. The van der Waals surface area contributed by atoms with Crippen molar-refractivity contribution in [2.24, 2.45) is 0 Å². The van der Waals surface area contributed by atoms with Crippen molar-refractivity contribution in [3.05, 3.63) is 35.4 Å². The van der Waals surface area contributed by atoms with E-state index in [0.29, 0.717) is 0 Å². The second-order valence-electron chi connectivity index (χ2n) is 3.74. The topological polar surface area (TPSA) is 46.2 Å². The molecule has 1 aromatic carbocycles. The summed E-state index contributed by atoms with van der Waals surface area (Å²) in [7, 11) is -1.03. The van der Waals surface area contributed by atoms with Gasteiger partial charge < -0.3 is 5.32 Å². The predicted octanol–water partition coefficient (Wildman–Crippen LogP) is 0.993. The number of nitrogens with one attached hydrogen (secondary N) is 1. The molecule has 0 aliphatic rings. The minimum atomic E-state index is -2.93. The fourth-order valence-electron chi connectivity index (χ4n) is 1.45. The molecule has 0 radical (unpaired) electrons. The van der Waals surface area contributed by atoms with Gasteiger partial charge in [0.05, 0.1) is 5.75 Å². The van der Waals surface area contributed by atoms with E-state index in [1.54, 1.807) is 0 Å². The van der Waals surface area contributed by atoms with Crippen LogP contribution in [0.4, 0.5) is 0 Å². The van der Waals surface area contributed by atoms with E-state index in [1.165, 1.54) is 11.8 Å². The molecule has 1 N–H and O–H groups in total. The van der Waals surface area contributed by atoms with Crippen molar-refractivity contribution >= 4 is 9.84 Å². The molecule has 0 fully saturated rings. The molecule has 0 saturated heterocycles. The average molecular weight is 227 g/mol. The monoisotopic (exact) mass is 227 g/mol. The summed E-state index contributed by atoms with van der Waals surface area (Å²) in [6.07, 6.45) is 2.18. The van der Waals surface area contributed by atoms with Gasteiger partial charge in [-0.3, -0.25) is 0 Å². The molecule has 1 aromatic rings. The molecule has 0 aliphatic heterocycles. The maximum atomic E-state index is 11.1. The van der Waals surface area contributed by atoms with Crippen LogP contribution < -0.4 is 5.32 Å². The molecule has 15 heavy (non-hydrogen) atoms. The highest BCUT2D eigenvalue weighted by Crippen LogP contribution is 2.08. The number of rotatable bonds is 5. The van der Waals surface area contributed by atoms with Crippen LogP contribution in [0.25, 0.3) is 0 Å². The highest BCUT2D eigenvalue weighted by atomic mass is 32.2. The normalized spacial score (nSPS) is 11.6. The lowest BCUT2D eigenvalue weighted by Gasteiger charge is -2.04. The molecule has 84 valence electrons. The molecule has 0 saturated carbocycles. The van der Waals surface area contributed by atoms with Crippen molar-refractivity contribution in [3.8, 4) is 0 Å². The van der Waals surface area contributed by atoms with Gasteiger partial charge in [-0.25, -0.2) is 8.42 Å². The van der Waals surface area contributed by atoms with Crippen molar-refractivity contribution in [2.45, 2.75) is 12.2 Å². The van der Waals surface area contributed by atoms with Crippen molar-refractivity contribution < 1.29 is 8.42 Å². The number of benzene rings is 1. The first kappa shape index (κ1) is 12.2. The molecule has 0 aromatic heterocycles. The van der Waals surface area contributed by atoms with Crippen molar-refractivity contribution in [1.29, 1.82) is 0 Å². The number of likely N-dealkylation sites (N-methyl/N-ethyl adjacent to an activating group) is 1. The van der Waals surface area contributed by atoms with Crippen molar-refractivity contribution in [3.63, 3.8) is 0 Å². The van der Waals surface area contributed by atoms with Crippen molar-refractivity contribution in [2.75, 3.05) is 19.8 Å². The van der Waals surface area contributed by atoms with Crippen LogP contribution in [-0.4, -0.2) is 28.3 Å². The Morgan fingerprint density at radius 2 is 1.93 bits per heavy atom. The smallest absolute Gasteiger partial charge is 0.151 e. The Labute approximate surface area is 91.4 Å². The van der Waals surface area contributed by atoms with Gasteiger partial charge in [-0.05, 0) is 31.1 Å². The first-order valence-corrected chi connectivity index (χ1v) is 6.97. The molecule has 0 bridgehead atoms. The van der Waals surface area contributed by atoms with Crippen LogP contribution in [0.5, 0.6) is 0 Å². The van der Waals surface area contributed by atoms with E-state index in [9.17, 15) is 8.42 Å². The van der Waals surface area contributed by atoms with Gasteiger partial charge >= 0.3 is 0 Å². The Kier molecular flexibility index (Phi) is 4.29. The standard InChI is InChI=1S/C11H17NO2S/c1-12-7-6-10-4-3-5-11(8-10)9-15(2,13)14/h3-5,8,12H,6-7,9H2,1-2H3. The molecule has 0 heterocycles. The molecule has 1 rings (SSSR count). The van der Waals surface area contributed by atoms with E-state index in [-0.39, 0.29) is 5.75 Å². The molecular formula is C11H17NO2S. The van der Waals surface area contributed by atoms with Crippen LogP contribution in [-0.2, 0) is 22.0 Å². The second-order valence-corrected chi connectivity index (χ2v) is 5.88. The second kappa shape index (κ2) is 5.28. The van der Waals surface area contributed by atoms with E-state index in [0.717, 1.165) is 18.5 Å². The van der Waals surface area contributed by atoms with Gasteiger partial charge in [0.1, 0.15) is 0 Å². The highest BCUT2D eigenvalue weighted by Gasteiger charge is 2.04. The zero-order valence-corrected chi connectivity index (χ0v) is 9.97. The van der Waals surface area contributed by atoms with E-state index in [1.807, 2.05) is 31.3 Å². The SMILES string of the molecule is CNCCc1cccc(CS(C)(=O)=O)c1. The maximum absolute atomic E-state index is 11.1. The van der Waals surface area contributed by atoms with Crippen LogP contribution in [0.3, 0.4) is 0 Å². The summed E-state index contributed by atoms with van der Waals surface area (Å²) in [6.45, 7) is 0.905. The van der Waals surface area contributed by atoms with Crippen LogP contribution in [0, 0.1) is 0 Å². The van der Waals surface area contributed by atoms with Crippen molar-refractivity contribution in [1.82, 2.24) is 5.32 Å². The van der Waals surface area contributed by atoms with Gasteiger partial charge in [0.2, 0.25) is 0 Å². The largest absolute Gasteiger partial charge is 0.319 e. The average Bonchev–Trinajstić information content (AvgIpc) is 2.12. The summed E-state index contributed by atoms with van der Waals surface area (Å²) < 4.78 is 22.2. The maximum Gasteiger partial charge on any atom is 0.151 e. The van der Waals surface area contributed by atoms with Crippen LogP contribution in [0.15, 0.2) is 24.3 Å². The number of hydrogen-bond donors (Lipinski definition) is 1. The highest BCUT2D eigenvalue weighted by molar-refractivity contribution is 7.89. The van der Waals surface area contributed by atoms with Crippen LogP contribution in [0.2, 0.25) is 0 Å². The Morgan fingerprint density at radius 3 is 2.53 bits per heavy atom. The lowest BCUT2D eigenvalue weighted by atomic mass is 10.1. The Bertz CT molecular complexity index is 412. The van der Waals surface area contributed by atoms with Crippen LogP contribution >= 0.6 is 0 Å². The van der Waals surface area contributed by atoms with Gasteiger partial charge in [-0.2, -0.15) is 0 Å². The van der Waals surface area contributed by atoms with Gasteiger partial charge in [-0.15, -0.1) is 0 Å². The Balaban J connectivity index is 2.74. The number of sulfone groups is 1. The van der Waals surface area contributed by atoms with Gasteiger partial charge in [0.25, 0.3) is 0 Å². The van der Waals surface area contributed by atoms with E-state index in [2.05, 4.69) is 5.32 Å². The zero-order chi connectivity index (χ0) is 11.3. The third kappa shape index (κ3) is 4.95. The third-order valence-corrected chi connectivity index (χ3v) is 2.94. The molecule has 0 atom stereocenters. The van der Waals surface area contributed by atoms with Gasteiger partial charge in [-0.1, -0.05) is 24.3 Å². The van der Waals surface area contributed by atoms with E-state index < -0.39 is 9.84 Å². The van der Waals surface area contributed by atoms with E-state index in [4.69, 9.17) is 0 Å². The molecule has 3 nitrogen and oxygen atoms in total. The summed E-state index contributed by atoms with van der Waals surface area (Å²) >= 11 is 0. The first-order valence-electron chi connectivity index (χ1n) is 4.91. The molecule has 0 aliphatic carbocycles.